The highest BCUT2D eigenvalue weighted by Gasteiger charge is 2.28. The number of rotatable bonds is 3. The Bertz CT molecular complexity index is 750. The second-order valence-electron chi connectivity index (χ2n) is 4.96. The van der Waals surface area contributed by atoms with Gasteiger partial charge in [0.15, 0.2) is 17.5 Å². The van der Waals surface area contributed by atoms with Crippen molar-refractivity contribution in [2.45, 2.75) is 20.3 Å². The molecule has 0 amide bonds. The third-order valence-corrected chi connectivity index (χ3v) is 3.25. The van der Waals surface area contributed by atoms with Gasteiger partial charge in [-0.3, -0.25) is 10.1 Å². The van der Waals surface area contributed by atoms with Crippen LogP contribution in [0.1, 0.15) is 19.5 Å². The Labute approximate surface area is 122 Å². The predicted octanol–water partition coefficient (Wildman–Crippen LogP) is 4.41. The lowest BCUT2D eigenvalue weighted by molar-refractivity contribution is -0.385. The van der Waals surface area contributed by atoms with E-state index in [1.54, 1.807) is 13.8 Å². The van der Waals surface area contributed by atoms with Crippen molar-refractivity contribution >= 4 is 28.2 Å². The van der Waals surface area contributed by atoms with Crippen molar-refractivity contribution in [2.24, 2.45) is 5.92 Å². The molecule has 0 bridgehead atoms. The average Bonchev–Trinajstić information content (AvgIpc) is 2.34. The van der Waals surface area contributed by atoms with Gasteiger partial charge in [-0.2, -0.15) is 0 Å². The van der Waals surface area contributed by atoms with Crippen molar-refractivity contribution in [3.05, 3.63) is 44.3 Å². The van der Waals surface area contributed by atoms with Gasteiger partial charge in [0.1, 0.15) is 10.7 Å². The fourth-order valence-corrected chi connectivity index (χ4v) is 2.40. The highest BCUT2D eigenvalue weighted by molar-refractivity contribution is 6.37. The third kappa shape index (κ3) is 2.65. The molecule has 0 saturated heterocycles. The first-order chi connectivity index (χ1) is 9.73. The van der Waals surface area contributed by atoms with Crippen LogP contribution in [0.2, 0.25) is 5.02 Å². The van der Waals surface area contributed by atoms with E-state index in [1.165, 1.54) is 0 Å². The number of halogens is 4. The summed E-state index contributed by atoms with van der Waals surface area (Å²) in [5.74, 6) is -4.73. The molecule has 0 radical (unpaired) electrons. The molecule has 0 aliphatic carbocycles. The van der Waals surface area contributed by atoms with Crippen molar-refractivity contribution in [2.75, 3.05) is 0 Å². The van der Waals surface area contributed by atoms with Gasteiger partial charge in [0, 0.05) is 6.07 Å². The summed E-state index contributed by atoms with van der Waals surface area (Å²) in [5.41, 5.74) is -0.821. The molecule has 2 aromatic rings. The van der Waals surface area contributed by atoms with Gasteiger partial charge in [0.05, 0.1) is 15.8 Å². The van der Waals surface area contributed by atoms with Crippen molar-refractivity contribution in [1.82, 2.24) is 4.98 Å². The zero-order valence-corrected chi connectivity index (χ0v) is 11.8. The Hall–Kier alpha value is -1.89. The van der Waals surface area contributed by atoms with Crippen LogP contribution in [0.5, 0.6) is 0 Å². The van der Waals surface area contributed by atoms with Crippen LogP contribution < -0.4 is 0 Å². The predicted molar refractivity (Wildman–Crippen MR) is 71.8 cm³/mol. The molecule has 1 aromatic carbocycles. The minimum Gasteiger partial charge on any atom is -0.258 e. The van der Waals surface area contributed by atoms with Gasteiger partial charge in [0.2, 0.25) is 0 Å². The fraction of sp³-hybridized carbons (Fsp3) is 0.308. The minimum absolute atomic E-state index is 0.0120. The molecule has 0 atom stereocenters. The Morgan fingerprint density at radius 2 is 1.95 bits per heavy atom. The molecular formula is C13H10ClF3N2O2. The SMILES string of the molecule is CC(C)Cc1nc2cc(F)c(F)c(F)c2c(Cl)c1[N+](=O)[O-]. The molecule has 0 unspecified atom stereocenters. The van der Waals surface area contributed by atoms with Crippen LogP contribution in [0.15, 0.2) is 6.07 Å². The summed E-state index contributed by atoms with van der Waals surface area (Å²) >= 11 is 5.84. The number of nitrogens with zero attached hydrogens (tertiary/aromatic N) is 2. The van der Waals surface area contributed by atoms with Gasteiger partial charge >= 0.3 is 5.69 Å². The maximum Gasteiger partial charge on any atom is 0.309 e. The number of benzene rings is 1. The zero-order valence-electron chi connectivity index (χ0n) is 11.1. The van der Waals surface area contributed by atoms with Crippen molar-refractivity contribution in [1.29, 1.82) is 0 Å². The van der Waals surface area contributed by atoms with E-state index in [4.69, 9.17) is 11.6 Å². The Morgan fingerprint density at radius 3 is 2.48 bits per heavy atom. The molecule has 4 nitrogen and oxygen atoms in total. The third-order valence-electron chi connectivity index (χ3n) is 2.88. The lowest BCUT2D eigenvalue weighted by Crippen LogP contribution is -2.06. The normalized spacial score (nSPS) is 11.4. The summed E-state index contributed by atoms with van der Waals surface area (Å²) in [5, 5.41) is 9.96. The van der Waals surface area contributed by atoms with Gasteiger partial charge in [-0.05, 0) is 12.3 Å². The second kappa shape index (κ2) is 5.48. The van der Waals surface area contributed by atoms with Crippen LogP contribution in [0, 0.1) is 33.5 Å². The number of hydrogen-bond acceptors (Lipinski definition) is 3. The minimum atomic E-state index is -1.74. The number of aromatic nitrogens is 1. The first-order valence-electron chi connectivity index (χ1n) is 6.04. The monoisotopic (exact) mass is 318 g/mol. The molecule has 0 aliphatic heterocycles. The molecule has 0 fully saturated rings. The van der Waals surface area contributed by atoms with Gasteiger partial charge in [-0.1, -0.05) is 25.4 Å². The molecule has 21 heavy (non-hydrogen) atoms. The largest absolute Gasteiger partial charge is 0.309 e. The molecule has 1 aromatic heterocycles. The lowest BCUT2D eigenvalue weighted by atomic mass is 10.0. The van der Waals surface area contributed by atoms with Crippen molar-refractivity contribution in [3.63, 3.8) is 0 Å². The standard InChI is InChI=1S/C13H10ClF3N2O2/c1-5(2)3-8-13(19(20)21)10(14)9-7(18-8)4-6(15)11(16)12(9)17/h4-5H,3H2,1-2H3. The zero-order chi connectivity index (χ0) is 15.9. The second-order valence-corrected chi connectivity index (χ2v) is 5.33. The van der Waals surface area contributed by atoms with Crippen LogP contribution in [-0.4, -0.2) is 9.91 Å². The Kier molecular flexibility index (Phi) is 4.04. The van der Waals surface area contributed by atoms with Crippen LogP contribution in [0.4, 0.5) is 18.9 Å². The summed E-state index contributed by atoms with van der Waals surface area (Å²) in [6, 6.07) is 0.674. The van der Waals surface area contributed by atoms with Gasteiger partial charge in [-0.25, -0.2) is 18.2 Å². The molecule has 8 heteroatoms. The van der Waals surface area contributed by atoms with E-state index >= 15 is 0 Å². The average molecular weight is 319 g/mol. The smallest absolute Gasteiger partial charge is 0.258 e. The van der Waals surface area contributed by atoms with Crippen molar-refractivity contribution < 1.29 is 18.1 Å². The summed E-state index contributed by atoms with van der Waals surface area (Å²) in [4.78, 5) is 14.2. The van der Waals surface area contributed by atoms with Gasteiger partial charge < -0.3 is 0 Å². The summed E-state index contributed by atoms with van der Waals surface area (Å²) in [6.45, 7) is 3.60. The van der Waals surface area contributed by atoms with Crippen molar-refractivity contribution in [3.8, 4) is 0 Å². The maximum atomic E-state index is 13.8. The number of nitro groups is 1. The first-order valence-corrected chi connectivity index (χ1v) is 6.41. The molecular weight excluding hydrogens is 309 g/mol. The topological polar surface area (TPSA) is 56.0 Å². The number of hydrogen-bond donors (Lipinski definition) is 0. The summed E-state index contributed by atoms with van der Waals surface area (Å²) in [7, 11) is 0. The van der Waals surface area contributed by atoms with E-state index in [-0.39, 0.29) is 23.5 Å². The Morgan fingerprint density at radius 1 is 1.33 bits per heavy atom. The van der Waals surface area contributed by atoms with E-state index in [0.29, 0.717) is 6.07 Å². The quantitative estimate of drug-likeness (QED) is 0.478. The van der Waals surface area contributed by atoms with Gasteiger partial charge in [0.25, 0.3) is 0 Å². The lowest BCUT2D eigenvalue weighted by Gasteiger charge is -2.10. The molecule has 2 rings (SSSR count). The van der Waals surface area contributed by atoms with Crippen LogP contribution in [-0.2, 0) is 6.42 Å². The van der Waals surface area contributed by atoms with Crippen LogP contribution in [0.25, 0.3) is 10.9 Å². The van der Waals surface area contributed by atoms with Crippen LogP contribution in [0.3, 0.4) is 0 Å². The molecule has 0 spiro atoms. The van der Waals surface area contributed by atoms with E-state index in [2.05, 4.69) is 4.98 Å². The molecule has 0 N–H and O–H groups in total. The van der Waals surface area contributed by atoms with E-state index in [0.717, 1.165) is 0 Å². The van der Waals surface area contributed by atoms with E-state index in [1.807, 2.05) is 0 Å². The highest BCUT2D eigenvalue weighted by atomic mass is 35.5. The summed E-state index contributed by atoms with van der Waals surface area (Å²) < 4.78 is 40.3. The van der Waals surface area contributed by atoms with Gasteiger partial charge in [-0.15, -0.1) is 0 Å². The first kappa shape index (κ1) is 15.5. The van der Waals surface area contributed by atoms with Crippen LogP contribution >= 0.6 is 11.6 Å². The van der Waals surface area contributed by atoms with E-state index in [9.17, 15) is 23.3 Å². The number of fused-ring (bicyclic) bond motifs is 1. The molecule has 1 heterocycles. The summed E-state index contributed by atoms with van der Waals surface area (Å²) in [6.07, 6.45) is 0.201. The molecule has 112 valence electrons. The maximum absolute atomic E-state index is 13.8. The van der Waals surface area contributed by atoms with E-state index < -0.39 is 38.5 Å². The number of pyridine rings is 1. The highest BCUT2D eigenvalue weighted by Crippen LogP contribution is 2.37. The Balaban J connectivity index is 2.91. The molecule has 0 aliphatic rings. The molecule has 0 saturated carbocycles. The fourth-order valence-electron chi connectivity index (χ4n) is 2.04.